The van der Waals surface area contributed by atoms with Gasteiger partial charge in [-0.15, -0.1) is 0 Å². The summed E-state index contributed by atoms with van der Waals surface area (Å²) in [6.45, 7) is 3.84. The summed E-state index contributed by atoms with van der Waals surface area (Å²) >= 11 is 12.0. The minimum absolute atomic E-state index is 0.0609. The second kappa shape index (κ2) is 11.5. The lowest BCUT2D eigenvalue weighted by atomic mass is 9.65. The number of halogens is 2. The third kappa shape index (κ3) is 6.50. The zero-order chi connectivity index (χ0) is 25.0. The Morgan fingerprint density at radius 3 is 2.35 bits per heavy atom. The minimum atomic E-state index is -1.21. The van der Waals surface area contributed by atoms with E-state index in [1.165, 1.54) is 12.1 Å². The maximum Gasteiger partial charge on any atom is 0.602 e. The van der Waals surface area contributed by atoms with Gasteiger partial charge in [-0.25, -0.2) is 0 Å². The highest BCUT2D eigenvalue weighted by molar-refractivity contribution is 6.51. The first-order valence-electron chi connectivity index (χ1n) is 11.0. The number of Topliss-reactive ketones (excluding diaryl/α,β-unsaturated/α-hetero) is 1. The zero-order valence-corrected chi connectivity index (χ0v) is 20.7. The van der Waals surface area contributed by atoms with Gasteiger partial charge in [0.05, 0.1) is 30.3 Å². The predicted octanol–water partition coefficient (Wildman–Crippen LogP) is 2.39. The summed E-state index contributed by atoms with van der Waals surface area (Å²) in [5.41, 5.74) is 0.154. The number of amides is 1. The first-order chi connectivity index (χ1) is 16.1. The van der Waals surface area contributed by atoms with Gasteiger partial charge in [-0.05, 0) is 37.6 Å². The summed E-state index contributed by atoms with van der Waals surface area (Å²) < 4.78 is 16.4. The van der Waals surface area contributed by atoms with Gasteiger partial charge < -0.3 is 19.4 Å². The molecule has 1 amide bonds. The Kier molecular flexibility index (Phi) is 8.98. The van der Waals surface area contributed by atoms with E-state index in [0.29, 0.717) is 11.4 Å². The number of hydrogen-bond acceptors (Lipinski definition) is 8. The lowest BCUT2D eigenvalue weighted by molar-refractivity contribution is -0.166. The number of carbonyl (C=O) groups excluding carboxylic acids is 4. The Hall–Kier alpha value is -2.14. The summed E-state index contributed by atoms with van der Waals surface area (Å²) in [6, 6.07) is 3.00. The maximum absolute atomic E-state index is 12.7. The lowest BCUT2D eigenvalue weighted by Crippen LogP contribution is -2.61. The number of likely N-dealkylation sites (N-methyl/N-ethyl adjacent to an activating group) is 1. The van der Waals surface area contributed by atoms with Crippen molar-refractivity contribution < 1.29 is 33.2 Å². The Morgan fingerprint density at radius 2 is 1.76 bits per heavy atom. The first kappa shape index (κ1) is 26.5. The molecule has 3 rings (SSSR count). The number of nitrogens with zero attached hydrogens (tertiary/aromatic N) is 1. The molecule has 2 saturated heterocycles. The molecule has 2 heterocycles. The van der Waals surface area contributed by atoms with Crippen molar-refractivity contribution in [1.82, 2.24) is 10.2 Å². The molecule has 0 saturated carbocycles. The molecule has 3 atom stereocenters. The predicted molar refractivity (Wildman–Crippen MR) is 126 cm³/mol. The smallest absolute Gasteiger partial charge is 0.498 e. The topological polar surface area (TPSA) is 111 Å². The number of morpholine rings is 1. The van der Waals surface area contributed by atoms with Gasteiger partial charge in [-0.1, -0.05) is 37.0 Å². The van der Waals surface area contributed by atoms with Gasteiger partial charge in [0.15, 0.2) is 5.78 Å². The second-order valence-electron chi connectivity index (χ2n) is 8.92. The Labute approximate surface area is 208 Å². The van der Waals surface area contributed by atoms with Crippen LogP contribution in [0.15, 0.2) is 18.2 Å². The van der Waals surface area contributed by atoms with Crippen LogP contribution in [0, 0.1) is 5.92 Å². The van der Waals surface area contributed by atoms with Gasteiger partial charge in [-0.3, -0.25) is 24.1 Å². The average molecular weight is 513 g/mol. The van der Waals surface area contributed by atoms with Gasteiger partial charge >= 0.3 is 19.1 Å². The molecule has 0 unspecified atom stereocenters. The molecule has 2 fully saturated rings. The summed E-state index contributed by atoms with van der Waals surface area (Å²) in [5.74, 6) is -2.44. The van der Waals surface area contributed by atoms with Gasteiger partial charge in [0.2, 0.25) is 0 Å². The zero-order valence-electron chi connectivity index (χ0n) is 19.2. The molecule has 1 aromatic carbocycles. The van der Waals surface area contributed by atoms with Crippen LogP contribution in [-0.2, 0) is 28.4 Å². The Balaban J connectivity index is 1.68. The minimum Gasteiger partial charge on any atom is -0.498 e. The molecule has 0 spiro atoms. The van der Waals surface area contributed by atoms with E-state index in [2.05, 4.69) is 5.32 Å². The second-order valence-corrected chi connectivity index (χ2v) is 9.76. The first-order valence-corrected chi connectivity index (χ1v) is 11.8. The number of ketones is 1. The van der Waals surface area contributed by atoms with Crippen molar-refractivity contribution >= 4 is 53.9 Å². The lowest BCUT2D eigenvalue weighted by Gasteiger charge is -2.40. The van der Waals surface area contributed by atoms with Gasteiger partial charge in [0.1, 0.15) is 12.1 Å². The number of ether oxygens (including phenoxy) is 1. The van der Waals surface area contributed by atoms with Gasteiger partial charge in [0.25, 0.3) is 5.91 Å². The van der Waals surface area contributed by atoms with Crippen LogP contribution in [-0.4, -0.2) is 74.5 Å². The van der Waals surface area contributed by atoms with E-state index in [4.69, 9.17) is 37.2 Å². The van der Waals surface area contributed by atoms with E-state index in [1.54, 1.807) is 18.0 Å². The van der Waals surface area contributed by atoms with Crippen molar-refractivity contribution in [3.05, 3.63) is 33.8 Å². The van der Waals surface area contributed by atoms with Gasteiger partial charge in [-0.2, -0.15) is 0 Å². The molecule has 0 aromatic heterocycles. The fourth-order valence-electron chi connectivity index (χ4n) is 4.02. The van der Waals surface area contributed by atoms with Crippen molar-refractivity contribution in [1.29, 1.82) is 0 Å². The van der Waals surface area contributed by atoms with Gasteiger partial charge in [0, 0.05) is 17.3 Å². The van der Waals surface area contributed by atoms with Crippen LogP contribution in [0.4, 0.5) is 0 Å². The van der Waals surface area contributed by atoms with E-state index in [0.717, 1.165) is 0 Å². The molecule has 0 radical (unpaired) electrons. The highest BCUT2D eigenvalue weighted by atomic mass is 35.5. The van der Waals surface area contributed by atoms with Crippen molar-refractivity contribution in [3.8, 4) is 0 Å². The summed E-state index contributed by atoms with van der Waals surface area (Å²) in [4.78, 5) is 52.2. The molecular formula is C22H27BCl2N2O7. The van der Waals surface area contributed by atoms with E-state index < -0.39 is 42.9 Å². The SMILES string of the molecule is CC(C)C[C@H](CC(=O)CNC(=O)c1cc(Cl)ccc1Cl)B1OC(=O)[C@H]2COC[C@@H](C(=O)O1)N2C. The fourth-order valence-corrected chi connectivity index (χ4v) is 4.40. The number of rotatable bonds is 8. The van der Waals surface area contributed by atoms with Crippen LogP contribution in [0.5, 0.6) is 0 Å². The number of hydrogen-bond donors (Lipinski definition) is 1. The Bertz CT molecular complexity index is 935. The van der Waals surface area contributed by atoms with Crippen LogP contribution in [0.2, 0.25) is 15.9 Å². The van der Waals surface area contributed by atoms with E-state index >= 15 is 0 Å². The largest absolute Gasteiger partial charge is 0.602 e. The van der Waals surface area contributed by atoms with Crippen molar-refractivity contribution in [2.75, 3.05) is 26.8 Å². The van der Waals surface area contributed by atoms with Crippen LogP contribution in [0.1, 0.15) is 37.0 Å². The Morgan fingerprint density at radius 1 is 1.15 bits per heavy atom. The molecule has 184 valence electrons. The fraction of sp³-hybridized carbons (Fsp3) is 0.545. The quantitative estimate of drug-likeness (QED) is 0.528. The van der Waals surface area contributed by atoms with E-state index in [-0.39, 0.29) is 48.5 Å². The van der Waals surface area contributed by atoms with Crippen LogP contribution in [0.25, 0.3) is 0 Å². The molecule has 2 bridgehead atoms. The monoisotopic (exact) mass is 512 g/mol. The third-order valence-electron chi connectivity index (χ3n) is 5.81. The summed E-state index contributed by atoms with van der Waals surface area (Å²) in [5, 5.41) is 3.08. The molecule has 34 heavy (non-hydrogen) atoms. The van der Waals surface area contributed by atoms with E-state index in [1.807, 2.05) is 13.8 Å². The molecule has 0 aliphatic carbocycles. The number of nitrogens with one attached hydrogen (secondary N) is 1. The van der Waals surface area contributed by atoms with Crippen LogP contribution >= 0.6 is 23.2 Å². The molecule has 2 aliphatic rings. The van der Waals surface area contributed by atoms with Crippen LogP contribution in [0.3, 0.4) is 0 Å². The molecule has 1 N–H and O–H groups in total. The number of benzene rings is 1. The third-order valence-corrected chi connectivity index (χ3v) is 6.38. The summed E-state index contributed by atoms with van der Waals surface area (Å²) in [6.07, 6.45) is 0.404. The molecular weight excluding hydrogens is 486 g/mol. The summed E-state index contributed by atoms with van der Waals surface area (Å²) in [7, 11) is 0.436. The molecule has 1 aromatic rings. The molecule has 12 heteroatoms. The van der Waals surface area contributed by atoms with Crippen LogP contribution < -0.4 is 5.32 Å². The standard InChI is InChI=1S/C22H27BCl2N2O7/c1-12(2)6-13(7-15(28)9-26-20(29)16-8-14(24)4-5-17(16)25)23-33-21(30)18-10-32-11-19(27(18)3)22(31)34-23/h4-5,8,12-13,18-19H,6-7,9-11H2,1-3H3,(H,26,29)/t13-,18-,19+/m1/s1. The number of carbonyl (C=O) groups is 4. The van der Waals surface area contributed by atoms with E-state index in [9.17, 15) is 19.2 Å². The van der Waals surface area contributed by atoms with Crippen molar-refractivity contribution in [2.45, 2.75) is 44.6 Å². The van der Waals surface area contributed by atoms with Crippen molar-refractivity contribution in [2.24, 2.45) is 5.92 Å². The number of fused-ring (bicyclic) bond motifs is 2. The maximum atomic E-state index is 12.7. The average Bonchev–Trinajstić information content (AvgIpc) is 2.77. The molecule has 2 aliphatic heterocycles. The highest BCUT2D eigenvalue weighted by Crippen LogP contribution is 2.30. The molecule has 9 nitrogen and oxygen atoms in total. The highest BCUT2D eigenvalue weighted by Gasteiger charge is 2.48. The van der Waals surface area contributed by atoms with Crippen molar-refractivity contribution in [3.63, 3.8) is 0 Å². The normalized spacial score (nSPS) is 21.9.